The first kappa shape index (κ1) is 21.2. The molecule has 35 heavy (non-hydrogen) atoms. The topological polar surface area (TPSA) is 68.3 Å². The lowest BCUT2D eigenvalue weighted by Crippen LogP contribution is -2.39. The Kier molecular flexibility index (Phi) is 5.33. The molecule has 6 rings (SSSR count). The van der Waals surface area contributed by atoms with E-state index in [9.17, 15) is 9.18 Å². The van der Waals surface area contributed by atoms with Crippen LogP contribution in [-0.2, 0) is 6.54 Å². The van der Waals surface area contributed by atoms with Crippen LogP contribution >= 0.6 is 0 Å². The Morgan fingerprint density at radius 2 is 1.86 bits per heavy atom. The van der Waals surface area contributed by atoms with Crippen LogP contribution in [0.15, 0.2) is 85.5 Å². The Bertz CT molecular complexity index is 1490. The van der Waals surface area contributed by atoms with Crippen LogP contribution in [0.1, 0.15) is 23.3 Å². The van der Waals surface area contributed by atoms with Gasteiger partial charge in [-0.15, -0.1) is 0 Å². The van der Waals surface area contributed by atoms with E-state index in [2.05, 4.69) is 15.1 Å². The van der Waals surface area contributed by atoms with E-state index < -0.39 is 5.82 Å². The Morgan fingerprint density at radius 1 is 1.00 bits per heavy atom. The zero-order valence-electron chi connectivity index (χ0n) is 19.0. The number of carbonyl (C=O) groups is 1. The standard InChI is InChI=1S/C27H23FN6O/c28-21-11-12-24-31-25(19-7-2-1-3-8-19)26(34(24)17-21)27(35)33-14-6-9-22(33)18-32-16-20(15-30-32)23-10-4-5-13-29-23/h1-5,7-8,10-13,15-17,22H,6,9,14,18H2/t22-/m0/s1. The summed E-state index contributed by atoms with van der Waals surface area (Å²) in [5.74, 6) is -0.568. The van der Waals surface area contributed by atoms with Crippen LogP contribution in [0, 0.1) is 5.82 Å². The molecule has 8 heteroatoms. The number of hydrogen-bond acceptors (Lipinski definition) is 4. The van der Waals surface area contributed by atoms with E-state index in [1.807, 2.05) is 64.3 Å². The van der Waals surface area contributed by atoms with E-state index in [0.717, 1.165) is 29.7 Å². The molecule has 1 aliphatic rings. The van der Waals surface area contributed by atoms with Crippen molar-refractivity contribution < 1.29 is 9.18 Å². The van der Waals surface area contributed by atoms with Crippen LogP contribution in [0.2, 0.25) is 0 Å². The maximum atomic E-state index is 14.2. The van der Waals surface area contributed by atoms with Crippen molar-refractivity contribution in [2.45, 2.75) is 25.4 Å². The molecule has 7 nitrogen and oxygen atoms in total. The highest BCUT2D eigenvalue weighted by Crippen LogP contribution is 2.29. The number of benzene rings is 1. The van der Waals surface area contributed by atoms with Crippen molar-refractivity contribution in [3.05, 3.63) is 97.0 Å². The molecule has 0 radical (unpaired) electrons. The lowest BCUT2D eigenvalue weighted by Gasteiger charge is -2.25. The van der Waals surface area contributed by atoms with Crippen molar-refractivity contribution in [3.8, 4) is 22.5 Å². The van der Waals surface area contributed by atoms with Gasteiger partial charge in [0.05, 0.1) is 24.5 Å². The fourth-order valence-corrected chi connectivity index (χ4v) is 4.79. The predicted octanol–water partition coefficient (Wildman–Crippen LogP) is 4.70. The predicted molar refractivity (Wildman–Crippen MR) is 130 cm³/mol. The van der Waals surface area contributed by atoms with Gasteiger partial charge in [-0.1, -0.05) is 36.4 Å². The largest absolute Gasteiger partial charge is 0.332 e. The van der Waals surface area contributed by atoms with Gasteiger partial charge in [-0.05, 0) is 37.1 Å². The van der Waals surface area contributed by atoms with Crippen LogP contribution in [0.4, 0.5) is 4.39 Å². The van der Waals surface area contributed by atoms with Gasteiger partial charge in [0.1, 0.15) is 22.9 Å². The summed E-state index contributed by atoms with van der Waals surface area (Å²) >= 11 is 0. The molecule has 174 valence electrons. The first-order valence-corrected chi connectivity index (χ1v) is 11.7. The molecule has 1 fully saturated rings. The summed E-state index contributed by atoms with van der Waals surface area (Å²) in [6.45, 7) is 1.21. The molecule has 1 amide bonds. The normalized spacial score (nSPS) is 15.7. The van der Waals surface area contributed by atoms with Crippen molar-refractivity contribution in [1.29, 1.82) is 0 Å². The SMILES string of the molecule is O=C(c1c(-c2ccccc2)nc2ccc(F)cn12)N1CCC[C@H]1Cn1cc(-c2ccccn2)cn1. The number of imidazole rings is 1. The van der Waals surface area contributed by atoms with Crippen molar-refractivity contribution in [2.24, 2.45) is 0 Å². The zero-order valence-corrected chi connectivity index (χ0v) is 19.0. The molecule has 0 aliphatic carbocycles. The molecule has 0 spiro atoms. The molecule has 0 saturated carbocycles. The molecule has 1 aromatic carbocycles. The molecule has 4 aromatic heterocycles. The van der Waals surface area contributed by atoms with E-state index >= 15 is 0 Å². The van der Waals surface area contributed by atoms with Gasteiger partial charge in [-0.25, -0.2) is 9.37 Å². The van der Waals surface area contributed by atoms with Gasteiger partial charge in [-0.3, -0.25) is 18.9 Å². The van der Waals surface area contributed by atoms with Crippen LogP contribution in [0.25, 0.3) is 28.2 Å². The number of amides is 1. The van der Waals surface area contributed by atoms with Crippen LogP contribution in [0.5, 0.6) is 0 Å². The third-order valence-corrected chi connectivity index (χ3v) is 6.46. The molecule has 0 N–H and O–H groups in total. The summed E-state index contributed by atoms with van der Waals surface area (Å²) in [5.41, 5.74) is 4.10. The molecule has 1 aliphatic heterocycles. The number of pyridine rings is 2. The maximum absolute atomic E-state index is 14.2. The second-order valence-corrected chi connectivity index (χ2v) is 8.71. The first-order chi connectivity index (χ1) is 17.2. The average Bonchev–Trinajstić information content (AvgIpc) is 3.63. The minimum absolute atomic E-state index is 0.0262. The number of halogens is 1. The minimum Gasteiger partial charge on any atom is -0.332 e. The second kappa shape index (κ2) is 8.79. The van der Waals surface area contributed by atoms with Gasteiger partial charge in [-0.2, -0.15) is 5.10 Å². The fraction of sp³-hybridized carbons (Fsp3) is 0.185. The second-order valence-electron chi connectivity index (χ2n) is 8.71. The summed E-state index contributed by atoms with van der Waals surface area (Å²) in [4.78, 5) is 24.9. The van der Waals surface area contributed by atoms with E-state index in [1.165, 1.54) is 12.3 Å². The average molecular weight is 467 g/mol. The van der Waals surface area contributed by atoms with E-state index in [4.69, 9.17) is 0 Å². The van der Waals surface area contributed by atoms with Gasteiger partial charge in [0, 0.05) is 36.3 Å². The number of nitrogens with zero attached hydrogens (tertiary/aromatic N) is 6. The molecule has 1 atom stereocenters. The highest BCUT2D eigenvalue weighted by molar-refractivity contribution is 6.00. The van der Waals surface area contributed by atoms with E-state index in [-0.39, 0.29) is 11.9 Å². The minimum atomic E-state index is -0.417. The van der Waals surface area contributed by atoms with Gasteiger partial charge >= 0.3 is 0 Å². The summed E-state index contributed by atoms with van der Waals surface area (Å²) in [6, 6.07) is 18.3. The summed E-state index contributed by atoms with van der Waals surface area (Å²) in [5, 5.41) is 4.51. The van der Waals surface area contributed by atoms with Crippen LogP contribution in [0.3, 0.4) is 0 Å². The van der Waals surface area contributed by atoms with Crippen molar-refractivity contribution in [3.63, 3.8) is 0 Å². The van der Waals surface area contributed by atoms with Crippen molar-refractivity contribution in [2.75, 3.05) is 6.54 Å². The molecule has 5 aromatic rings. The third-order valence-electron chi connectivity index (χ3n) is 6.46. The molecule has 0 unspecified atom stereocenters. The third kappa shape index (κ3) is 3.97. The van der Waals surface area contributed by atoms with Crippen molar-refractivity contribution >= 4 is 11.6 Å². The Balaban J connectivity index is 1.33. The molecule has 5 heterocycles. The molecule has 0 bridgehead atoms. The highest BCUT2D eigenvalue weighted by Gasteiger charge is 2.33. The lowest BCUT2D eigenvalue weighted by atomic mass is 10.1. The fourth-order valence-electron chi connectivity index (χ4n) is 4.79. The van der Waals surface area contributed by atoms with Gasteiger partial charge in [0.25, 0.3) is 5.91 Å². The molecule has 1 saturated heterocycles. The summed E-state index contributed by atoms with van der Waals surface area (Å²) in [7, 11) is 0. The lowest BCUT2D eigenvalue weighted by molar-refractivity contribution is 0.0715. The number of rotatable bonds is 5. The first-order valence-electron chi connectivity index (χ1n) is 11.7. The number of hydrogen-bond donors (Lipinski definition) is 0. The van der Waals surface area contributed by atoms with Crippen molar-refractivity contribution in [1.82, 2.24) is 29.0 Å². The number of fused-ring (bicyclic) bond motifs is 1. The monoisotopic (exact) mass is 466 g/mol. The van der Waals surface area contributed by atoms with Crippen LogP contribution < -0.4 is 0 Å². The van der Waals surface area contributed by atoms with Gasteiger partial charge < -0.3 is 4.90 Å². The number of carbonyl (C=O) groups excluding carboxylic acids is 1. The number of likely N-dealkylation sites (tertiary alicyclic amines) is 1. The summed E-state index contributed by atoms with van der Waals surface area (Å²) < 4.78 is 17.6. The summed E-state index contributed by atoms with van der Waals surface area (Å²) in [6.07, 6.45) is 8.62. The smallest absolute Gasteiger partial charge is 0.273 e. The quantitative estimate of drug-likeness (QED) is 0.376. The number of aromatic nitrogens is 5. The Labute approximate surface area is 201 Å². The van der Waals surface area contributed by atoms with Crippen LogP contribution in [-0.4, -0.2) is 47.5 Å². The molecular weight excluding hydrogens is 443 g/mol. The van der Waals surface area contributed by atoms with E-state index in [0.29, 0.717) is 30.1 Å². The molecular formula is C27H23FN6O. The Hall–Kier alpha value is -4.33. The zero-order chi connectivity index (χ0) is 23.8. The highest BCUT2D eigenvalue weighted by atomic mass is 19.1. The maximum Gasteiger partial charge on any atom is 0.273 e. The van der Waals surface area contributed by atoms with E-state index in [1.54, 1.807) is 22.9 Å². The Morgan fingerprint density at radius 3 is 2.69 bits per heavy atom. The van der Waals surface area contributed by atoms with Gasteiger partial charge in [0.15, 0.2) is 0 Å². The van der Waals surface area contributed by atoms with Gasteiger partial charge in [0.2, 0.25) is 0 Å².